The van der Waals surface area contributed by atoms with Crippen molar-refractivity contribution in [1.29, 1.82) is 0 Å². The van der Waals surface area contributed by atoms with E-state index in [1.54, 1.807) is 0 Å². The van der Waals surface area contributed by atoms with Gasteiger partial charge in [-0.15, -0.1) is 0 Å². The highest BCUT2D eigenvalue weighted by atomic mass is 16.1. The molecule has 0 unspecified atom stereocenters. The first kappa shape index (κ1) is 25.1. The van der Waals surface area contributed by atoms with Crippen molar-refractivity contribution in [2.45, 2.75) is 26.2 Å². The average molecular weight is 487 g/mol. The van der Waals surface area contributed by atoms with Crippen molar-refractivity contribution in [1.82, 2.24) is 25.1 Å². The molecule has 0 atom stereocenters. The van der Waals surface area contributed by atoms with Crippen LogP contribution in [0.2, 0.25) is 0 Å². The van der Waals surface area contributed by atoms with Crippen LogP contribution in [0, 0.1) is 0 Å². The summed E-state index contributed by atoms with van der Waals surface area (Å²) in [6.07, 6.45) is 5.10. The SMILES string of the molecule is C=CC(=O)Nc1ccc(/C=C/c2nc(Nc3cc(C(C)(C)C)[nH]n3)cc(N3CCN(C)CC3)n2)cc1. The fraction of sp³-hybridized carbons (Fsp3) is 0.333. The summed E-state index contributed by atoms with van der Waals surface area (Å²) >= 11 is 0. The van der Waals surface area contributed by atoms with Crippen LogP contribution in [0.1, 0.15) is 37.9 Å². The van der Waals surface area contributed by atoms with Gasteiger partial charge in [-0.05, 0) is 36.9 Å². The number of rotatable bonds is 7. The number of H-pyrrole nitrogens is 1. The third kappa shape index (κ3) is 6.57. The van der Waals surface area contributed by atoms with Gasteiger partial charge in [0.25, 0.3) is 0 Å². The molecule has 3 N–H and O–H groups in total. The zero-order valence-electron chi connectivity index (χ0n) is 21.4. The number of likely N-dealkylation sites (N-methyl/N-ethyl adjacent to an activating group) is 1. The average Bonchev–Trinajstić information content (AvgIpc) is 3.33. The number of anilines is 4. The van der Waals surface area contributed by atoms with Crippen LogP contribution < -0.4 is 15.5 Å². The van der Waals surface area contributed by atoms with Crippen molar-refractivity contribution < 1.29 is 4.79 Å². The Bertz CT molecular complexity index is 1230. The number of hydrogen-bond donors (Lipinski definition) is 3. The normalized spacial score (nSPS) is 14.7. The minimum Gasteiger partial charge on any atom is -0.354 e. The number of benzene rings is 1. The van der Waals surface area contributed by atoms with Crippen LogP contribution in [-0.4, -0.2) is 64.2 Å². The summed E-state index contributed by atoms with van der Waals surface area (Å²) in [5, 5.41) is 13.6. The highest BCUT2D eigenvalue weighted by molar-refractivity contribution is 5.98. The predicted octanol–water partition coefficient (Wildman–Crippen LogP) is 4.29. The molecule has 3 heterocycles. The number of aromatic nitrogens is 4. The van der Waals surface area contributed by atoms with Crippen molar-refractivity contribution in [3.8, 4) is 0 Å². The van der Waals surface area contributed by atoms with E-state index >= 15 is 0 Å². The molecule has 0 bridgehead atoms. The Morgan fingerprint density at radius 3 is 2.39 bits per heavy atom. The molecule has 2 aromatic heterocycles. The lowest BCUT2D eigenvalue weighted by atomic mass is 9.92. The Morgan fingerprint density at radius 2 is 1.75 bits per heavy atom. The maximum atomic E-state index is 11.5. The van der Waals surface area contributed by atoms with Gasteiger partial charge in [-0.25, -0.2) is 9.97 Å². The van der Waals surface area contributed by atoms with E-state index < -0.39 is 0 Å². The summed E-state index contributed by atoms with van der Waals surface area (Å²) in [6.45, 7) is 13.7. The summed E-state index contributed by atoms with van der Waals surface area (Å²) in [6, 6.07) is 11.5. The minimum absolute atomic E-state index is 0.0263. The topological polar surface area (TPSA) is 102 Å². The molecule has 9 nitrogen and oxygen atoms in total. The third-order valence-electron chi connectivity index (χ3n) is 5.99. The molecule has 188 valence electrons. The lowest BCUT2D eigenvalue weighted by molar-refractivity contribution is -0.111. The summed E-state index contributed by atoms with van der Waals surface area (Å²) < 4.78 is 0. The number of piperazine rings is 1. The molecular formula is C27H34N8O. The van der Waals surface area contributed by atoms with Gasteiger partial charge in [0.15, 0.2) is 11.6 Å². The van der Waals surface area contributed by atoms with Gasteiger partial charge in [-0.3, -0.25) is 9.89 Å². The fourth-order valence-corrected chi connectivity index (χ4v) is 3.73. The zero-order chi connectivity index (χ0) is 25.7. The Hall–Kier alpha value is -3.98. The second kappa shape index (κ2) is 10.7. The van der Waals surface area contributed by atoms with Crippen LogP contribution in [-0.2, 0) is 10.2 Å². The Balaban J connectivity index is 1.57. The van der Waals surface area contributed by atoms with E-state index in [0.29, 0.717) is 17.3 Å². The minimum atomic E-state index is -0.237. The highest BCUT2D eigenvalue weighted by Crippen LogP contribution is 2.25. The highest BCUT2D eigenvalue weighted by Gasteiger charge is 2.19. The first-order chi connectivity index (χ1) is 17.2. The van der Waals surface area contributed by atoms with E-state index in [4.69, 9.17) is 9.97 Å². The van der Waals surface area contributed by atoms with Crippen molar-refractivity contribution >= 4 is 41.2 Å². The molecule has 1 aliphatic heterocycles. The standard InChI is InChI=1S/C27H34N8O/c1-6-26(36)28-20-10-7-19(8-11-20)9-12-22-29-23(30-24-17-21(32-33-24)27(2,3)4)18-25(31-22)35-15-13-34(5)14-16-35/h6-12,17-18H,1,13-16H2,2-5H3,(H,28,36)(H2,29,30,31,32,33)/b12-9+. The molecule has 4 rings (SSSR count). The largest absolute Gasteiger partial charge is 0.354 e. The van der Waals surface area contributed by atoms with Gasteiger partial charge >= 0.3 is 0 Å². The second-order valence-electron chi connectivity index (χ2n) is 9.95. The molecule has 0 saturated carbocycles. The molecule has 0 radical (unpaired) electrons. The van der Waals surface area contributed by atoms with Gasteiger partial charge in [0.05, 0.1) is 0 Å². The second-order valence-corrected chi connectivity index (χ2v) is 9.95. The summed E-state index contributed by atoms with van der Waals surface area (Å²) in [5.74, 6) is 2.65. The number of nitrogens with one attached hydrogen (secondary N) is 3. The van der Waals surface area contributed by atoms with Crippen molar-refractivity contribution in [2.75, 3.05) is 48.8 Å². The van der Waals surface area contributed by atoms with E-state index in [-0.39, 0.29) is 11.3 Å². The van der Waals surface area contributed by atoms with Gasteiger partial charge in [0.2, 0.25) is 5.91 Å². The number of amides is 1. The molecule has 1 saturated heterocycles. The van der Waals surface area contributed by atoms with Gasteiger partial charge < -0.3 is 20.4 Å². The van der Waals surface area contributed by atoms with Gasteiger partial charge in [0.1, 0.15) is 11.6 Å². The molecular weight excluding hydrogens is 452 g/mol. The quantitative estimate of drug-likeness (QED) is 0.428. The molecule has 1 amide bonds. The first-order valence-corrected chi connectivity index (χ1v) is 12.1. The zero-order valence-corrected chi connectivity index (χ0v) is 21.4. The number of carbonyl (C=O) groups is 1. The van der Waals surface area contributed by atoms with Crippen LogP contribution in [0.4, 0.5) is 23.1 Å². The van der Waals surface area contributed by atoms with Crippen molar-refractivity contribution in [2.24, 2.45) is 0 Å². The molecule has 1 aliphatic rings. The number of nitrogens with zero attached hydrogens (tertiary/aromatic N) is 5. The molecule has 0 spiro atoms. The van der Waals surface area contributed by atoms with Gasteiger partial charge in [-0.1, -0.05) is 45.6 Å². The summed E-state index contributed by atoms with van der Waals surface area (Å²) in [7, 11) is 2.14. The van der Waals surface area contributed by atoms with Crippen molar-refractivity contribution in [3.63, 3.8) is 0 Å². The fourth-order valence-electron chi connectivity index (χ4n) is 3.73. The van der Waals surface area contributed by atoms with Crippen LogP contribution in [0.5, 0.6) is 0 Å². The number of aromatic amines is 1. The maximum absolute atomic E-state index is 11.5. The van der Waals surface area contributed by atoms with E-state index in [0.717, 1.165) is 49.1 Å². The van der Waals surface area contributed by atoms with E-state index in [1.807, 2.05) is 48.6 Å². The van der Waals surface area contributed by atoms with Crippen LogP contribution in [0.15, 0.2) is 49.1 Å². The first-order valence-electron chi connectivity index (χ1n) is 12.1. The Kier molecular flexibility index (Phi) is 7.49. The number of carbonyl (C=O) groups excluding carboxylic acids is 1. The van der Waals surface area contributed by atoms with Gasteiger partial charge in [-0.2, -0.15) is 5.10 Å². The monoisotopic (exact) mass is 486 g/mol. The Morgan fingerprint density at radius 1 is 1.03 bits per heavy atom. The molecule has 1 fully saturated rings. The molecule has 9 heteroatoms. The molecule has 1 aromatic carbocycles. The Labute approximate surface area is 212 Å². The molecule has 0 aliphatic carbocycles. The lowest BCUT2D eigenvalue weighted by Gasteiger charge is -2.33. The third-order valence-corrected chi connectivity index (χ3v) is 5.99. The van der Waals surface area contributed by atoms with E-state index in [1.165, 1.54) is 6.08 Å². The van der Waals surface area contributed by atoms with Crippen LogP contribution in [0.25, 0.3) is 12.2 Å². The lowest BCUT2D eigenvalue weighted by Crippen LogP contribution is -2.44. The van der Waals surface area contributed by atoms with Crippen molar-refractivity contribution in [3.05, 3.63) is 66.1 Å². The van der Waals surface area contributed by atoms with Gasteiger partial charge in [0, 0.05) is 55.1 Å². The smallest absolute Gasteiger partial charge is 0.247 e. The van der Waals surface area contributed by atoms with E-state index in [9.17, 15) is 4.79 Å². The van der Waals surface area contributed by atoms with E-state index in [2.05, 4.69) is 65.0 Å². The van der Waals surface area contributed by atoms with Crippen LogP contribution >= 0.6 is 0 Å². The maximum Gasteiger partial charge on any atom is 0.247 e. The molecule has 3 aromatic rings. The number of hydrogen-bond acceptors (Lipinski definition) is 7. The van der Waals surface area contributed by atoms with Crippen LogP contribution in [0.3, 0.4) is 0 Å². The summed E-state index contributed by atoms with van der Waals surface area (Å²) in [4.78, 5) is 25.6. The molecule has 36 heavy (non-hydrogen) atoms. The summed E-state index contributed by atoms with van der Waals surface area (Å²) in [5.41, 5.74) is 2.70. The predicted molar refractivity (Wildman–Crippen MR) is 147 cm³/mol.